The van der Waals surface area contributed by atoms with E-state index in [1.807, 2.05) is 4.90 Å². The molecule has 0 aromatic heterocycles. The number of fused-ring (bicyclic) bond motifs is 1. The van der Waals surface area contributed by atoms with Crippen LogP contribution in [0.15, 0.2) is 25.3 Å². The standard InChI is InChI=1S/C26H41N3O4S/c1-7-10-11-16-28(15-9-3)24(33)21-26-13-12-25(5,34-26)19(22(31)27(6)14-8-2)20(26)23(32)29(21)18(4)17-30/h8-9,18-21,30H,2-3,7,10-17H2,1,4-6H3/t18-,19-,20+,21?,25+,26?/m1/s1. The van der Waals surface area contributed by atoms with Crippen LogP contribution in [0.5, 0.6) is 0 Å². The molecule has 1 N–H and O–H groups in total. The smallest absolute Gasteiger partial charge is 0.247 e. The third kappa shape index (κ3) is 4.21. The number of likely N-dealkylation sites (N-methyl/N-ethyl adjacent to an activating group) is 1. The van der Waals surface area contributed by atoms with Gasteiger partial charge in [0.2, 0.25) is 17.7 Å². The molecular formula is C26H41N3O4S. The van der Waals surface area contributed by atoms with Crippen molar-refractivity contribution in [1.82, 2.24) is 14.7 Å². The lowest BCUT2D eigenvalue weighted by molar-refractivity contribution is -0.147. The van der Waals surface area contributed by atoms with Crippen molar-refractivity contribution < 1.29 is 19.5 Å². The van der Waals surface area contributed by atoms with E-state index in [1.165, 1.54) is 0 Å². The maximum Gasteiger partial charge on any atom is 0.247 e. The van der Waals surface area contributed by atoms with E-state index in [1.54, 1.807) is 47.7 Å². The predicted octanol–water partition coefficient (Wildman–Crippen LogP) is 2.70. The molecule has 3 rings (SSSR count). The first-order valence-electron chi connectivity index (χ1n) is 12.5. The van der Waals surface area contributed by atoms with Gasteiger partial charge < -0.3 is 19.8 Å². The van der Waals surface area contributed by atoms with Crippen LogP contribution < -0.4 is 0 Å². The van der Waals surface area contributed by atoms with Gasteiger partial charge in [0, 0.05) is 31.4 Å². The first kappa shape index (κ1) is 26.8. The van der Waals surface area contributed by atoms with Gasteiger partial charge in [0.25, 0.3) is 0 Å². The van der Waals surface area contributed by atoms with Crippen LogP contribution in [0.4, 0.5) is 0 Å². The molecule has 8 heteroatoms. The monoisotopic (exact) mass is 491 g/mol. The van der Waals surface area contributed by atoms with Crippen molar-refractivity contribution in [3.05, 3.63) is 25.3 Å². The Morgan fingerprint density at radius 1 is 1.24 bits per heavy atom. The zero-order valence-corrected chi connectivity index (χ0v) is 22.0. The van der Waals surface area contributed by atoms with Gasteiger partial charge >= 0.3 is 0 Å². The van der Waals surface area contributed by atoms with Crippen molar-refractivity contribution >= 4 is 29.5 Å². The molecular weight excluding hydrogens is 450 g/mol. The fourth-order valence-electron chi connectivity index (χ4n) is 6.28. The Labute approximate surface area is 208 Å². The maximum atomic E-state index is 14.1. The molecule has 3 saturated heterocycles. The number of hydrogen-bond donors (Lipinski definition) is 1. The molecule has 3 amide bonds. The SMILES string of the molecule is C=CCN(C)C(=O)[C@H]1[C@H]2C(=O)N([C@H](C)CO)C(C(=O)N(CC=C)CCCCC)C23CC[C@]1(C)S3. The highest BCUT2D eigenvalue weighted by Gasteiger charge is 2.77. The van der Waals surface area contributed by atoms with E-state index in [0.717, 1.165) is 25.7 Å². The number of amides is 3. The summed E-state index contributed by atoms with van der Waals surface area (Å²) in [5, 5.41) is 10.0. The minimum atomic E-state index is -0.692. The van der Waals surface area contributed by atoms with Crippen molar-refractivity contribution in [2.75, 3.05) is 33.3 Å². The number of aliphatic hydroxyl groups is 1. The number of carbonyl (C=O) groups is 3. The molecule has 3 aliphatic rings. The molecule has 3 aliphatic heterocycles. The molecule has 190 valence electrons. The Morgan fingerprint density at radius 2 is 1.91 bits per heavy atom. The van der Waals surface area contributed by atoms with Gasteiger partial charge in [-0.1, -0.05) is 31.9 Å². The van der Waals surface area contributed by atoms with Crippen LogP contribution >= 0.6 is 11.8 Å². The van der Waals surface area contributed by atoms with E-state index < -0.39 is 33.4 Å². The van der Waals surface area contributed by atoms with Crippen molar-refractivity contribution in [3.63, 3.8) is 0 Å². The van der Waals surface area contributed by atoms with Gasteiger partial charge in [-0.2, -0.15) is 0 Å². The molecule has 6 atom stereocenters. The molecule has 0 radical (unpaired) electrons. The van der Waals surface area contributed by atoms with Crippen molar-refractivity contribution in [3.8, 4) is 0 Å². The van der Waals surface area contributed by atoms with E-state index in [4.69, 9.17) is 0 Å². The summed E-state index contributed by atoms with van der Waals surface area (Å²) in [7, 11) is 1.74. The number of likely N-dealkylation sites (tertiary alicyclic amines) is 1. The number of carbonyl (C=O) groups excluding carboxylic acids is 3. The first-order chi connectivity index (χ1) is 16.1. The second-order valence-corrected chi connectivity index (χ2v) is 12.2. The third-order valence-electron chi connectivity index (χ3n) is 7.93. The normalized spacial score (nSPS) is 32.4. The van der Waals surface area contributed by atoms with E-state index in [0.29, 0.717) is 26.1 Å². The molecule has 0 saturated carbocycles. The summed E-state index contributed by atoms with van der Waals surface area (Å²) in [6.45, 7) is 14.8. The van der Waals surface area contributed by atoms with Crippen LogP contribution in [0.3, 0.4) is 0 Å². The Bertz CT molecular complexity index is 835. The highest BCUT2D eigenvalue weighted by Crippen LogP contribution is 2.71. The average Bonchev–Trinajstić information content (AvgIpc) is 3.38. The van der Waals surface area contributed by atoms with Crippen molar-refractivity contribution in [2.24, 2.45) is 11.8 Å². The minimum absolute atomic E-state index is 0.0644. The Morgan fingerprint density at radius 3 is 2.50 bits per heavy atom. The van der Waals surface area contributed by atoms with Crippen LogP contribution in [-0.2, 0) is 14.4 Å². The number of rotatable bonds is 12. The van der Waals surface area contributed by atoms with Gasteiger partial charge in [0.15, 0.2) is 0 Å². The van der Waals surface area contributed by atoms with Gasteiger partial charge in [-0.15, -0.1) is 24.9 Å². The molecule has 0 aliphatic carbocycles. The molecule has 3 heterocycles. The average molecular weight is 492 g/mol. The lowest BCUT2D eigenvalue weighted by atomic mass is 9.66. The van der Waals surface area contributed by atoms with Crippen LogP contribution in [-0.4, -0.2) is 92.4 Å². The topological polar surface area (TPSA) is 81.2 Å². The highest BCUT2D eigenvalue weighted by atomic mass is 32.2. The van der Waals surface area contributed by atoms with E-state index >= 15 is 0 Å². The highest BCUT2D eigenvalue weighted by molar-refractivity contribution is 8.02. The lowest BCUT2D eigenvalue weighted by Crippen LogP contribution is -2.57. The first-order valence-corrected chi connectivity index (χ1v) is 13.3. The second-order valence-electron chi connectivity index (χ2n) is 10.3. The molecule has 7 nitrogen and oxygen atoms in total. The minimum Gasteiger partial charge on any atom is -0.394 e. The molecule has 34 heavy (non-hydrogen) atoms. The molecule has 1 spiro atoms. The summed E-state index contributed by atoms with van der Waals surface area (Å²) in [6, 6.07) is -1.19. The van der Waals surface area contributed by atoms with Crippen LogP contribution in [0.2, 0.25) is 0 Å². The second kappa shape index (κ2) is 10.4. The van der Waals surface area contributed by atoms with Crippen LogP contribution in [0.1, 0.15) is 52.9 Å². The number of nitrogens with zero attached hydrogens (tertiary/aromatic N) is 3. The van der Waals surface area contributed by atoms with E-state index in [9.17, 15) is 19.5 Å². The number of aliphatic hydroxyl groups excluding tert-OH is 1. The van der Waals surface area contributed by atoms with Gasteiger partial charge in [0.05, 0.1) is 29.2 Å². The summed E-state index contributed by atoms with van der Waals surface area (Å²) in [4.78, 5) is 46.7. The number of thioether (sulfide) groups is 1. The quantitative estimate of drug-likeness (QED) is 0.335. The summed E-state index contributed by atoms with van der Waals surface area (Å²) in [5.74, 6) is -1.39. The molecule has 3 fully saturated rings. The summed E-state index contributed by atoms with van der Waals surface area (Å²) < 4.78 is -1.06. The zero-order valence-electron chi connectivity index (χ0n) is 21.2. The summed E-state index contributed by atoms with van der Waals surface area (Å²) >= 11 is 1.67. The Hall–Kier alpha value is -1.80. The molecule has 0 aromatic carbocycles. The summed E-state index contributed by atoms with van der Waals surface area (Å²) in [6.07, 6.45) is 7.86. The predicted molar refractivity (Wildman–Crippen MR) is 136 cm³/mol. The van der Waals surface area contributed by atoms with E-state index in [2.05, 4.69) is 27.0 Å². The van der Waals surface area contributed by atoms with Crippen molar-refractivity contribution in [2.45, 2.75) is 74.5 Å². The van der Waals surface area contributed by atoms with Gasteiger partial charge in [0.1, 0.15) is 6.04 Å². The summed E-state index contributed by atoms with van der Waals surface area (Å²) in [5.41, 5.74) is 0. The number of unbranched alkanes of at least 4 members (excludes halogenated alkanes) is 2. The largest absolute Gasteiger partial charge is 0.394 e. The maximum absolute atomic E-state index is 14.1. The van der Waals surface area contributed by atoms with E-state index in [-0.39, 0.29) is 24.3 Å². The van der Waals surface area contributed by atoms with Gasteiger partial charge in [-0.3, -0.25) is 14.4 Å². The molecule has 0 aromatic rings. The fraction of sp³-hybridized carbons (Fsp3) is 0.731. The number of hydrogen-bond acceptors (Lipinski definition) is 5. The Kier molecular flexibility index (Phi) is 8.23. The lowest BCUT2D eigenvalue weighted by Gasteiger charge is -2.39. The van der Waals surface area contributed by atoms with Crippen LogP contribution in [0.25, 0.3) is 0 Å². The molecule has 2 unspecified atom stereocenters. The fourth-order valence-corrected chi connectivity index (χ4v) is 8.61. The third-order valence-corrected chi connectivity index (χ3v) is 9.91. The molecule has 2 bridgehead atoms. The van der Waals surface area contributed by atoms with Gasteiger partial charge in [-0.25, -0.2) is 0 Å². The van der Waals surface area contributed by atoms with Crippen LogP contribution in [0, 0.1) is 11.8 Å². The Balaban J connectivity index is 2.05. The van der Waals surface area contributed by atoms with Gasteiger partial charge in [-0.05, 0) is 33.1 Å². The van der Waals surface area contributed by atoms with Crippen molar-refractivity contribution in [1.29, 1.82) is 0 Å². The zero-order chi connectivity index (χ0) is 25.3.